The van der Waals surface area contributed by atoms with Gasteiger partial charge in [0.1, 0.15) is 0 Å². The van der Waals surface area contributed by atoms with Crippen LogP contribution < -0.4 is 5.32 Å². The van der Waals surface area contributed by atoms with Gasteiger partial charge >= 0.3 is 0 Å². The van der Waals surface area contributed by atoms with Crippen LogP contribution in [0.15, 0.2) is 54.6 Å². The molecule has 2 rings (SSSR count). The van der Waals surface area contributed by atoms with Gasteiger partial charge < -0.3 is 5.32 Å². The molecule has 1 unspecified atom stereocenters. The van der Waals surface area contributed by atoms with Gasteiger partial charge in [0, 0.05) is 17.5 Å². The number of carbonyl (C=O) groups excluding carboxylic acids is 1. The van der Waals surface area contributed by atoms with E-state index in [1.807, 2.05) is 49.4 Å². The molecule has 2 aromatic rings. The second-order valence-corrected chi connectivity index (χ2v) is 5.16. The summed E-state index contributed by atoms with van der Waals surface area (Å²) in [6.45, 7) is 2.01. The smallest absolute Gasteiger partial charge is 0.251 e. The zero-order valence-electron chi connectivity index (χ0n) is 11.5. The highest BCUT2D eigenvalue weighted by Crippen LogP contribution is 2.08. The molecule has 1 amide bonds. The number of benzene rings is 2. The molecule has 0 saturated carbocycles. The van der Waals surface area contributed by atoms with Crippen LogP contribution in [-0.2, 0) is 12.3 Å². The van der Waals surface area contributed by atoms with E-state index in [4.69, 9.17) is 11.6 Å². The number of amides is 1. The van der Waals surface area contributed by atoms with Crippen molar-refractivity contribution in [1.29, 1.82) is 0 Å². The number of alkyl halides is 1. The molecule has 2 nitrogen and oxygen atoms in total. The molecule has 0 aliphatic rings. The van der Waals surface area contributed by atoms with Crippen molar-refractivity contribution in [2.45, 2.75) is 25.3 Å². The van der Waals surface area contributed by atoms with Gasteiger partial charge in [0.05, 0.1) is 0 Å². The zero-order chi connectivity index (χ0) is 14.4. The van der Waals surface area contributed by atoms with Crippen molar-refractivity contribution in [1.82, 2.24) is 5.32 Å². The fourth-order valence-corrected chi connectivity index (χ4v) is 2.25. The van der Waals surface area contributed by atoms with E-state index in [1.54, 1.807) is 0 Å². The third-order valence-electron chi connectivity index (χ3n) is 3.13. The summed E-state index contributed by atoms with van der Waals surface area (Å²) in [5.41, 5.74) is 2.90. The second-order valence-electron chi connectivity index (χ2n) is 4.89. The molecule has 0 fully saturated rings. The predicted molar refractivity (Wildman–Crippen MR) is 83.1 cm³/mol. The first-order valence-electron chi connectivity index (χ1n) is 6.68. The first-order valence-corrected chi connectivity index (χ1v) is 7.22. The summed E-state index contributed by atoms with van der Waals surface area (Å²) in [7, 11) is 0. The largest absolute Gasteiger partial charge is 0.349 e. The Morgan fingerprint density at radius 2 is 1.70 bits per heavy atom. The number of halogens is 1. The van der Waals surface area contributed by atoms with Crippen LogP contribution in [0.5, 0.6) is 0 Å². The quantitative estimate of drug-likeness (QED) is 0.833. The lowest BCUT2D eigenvalue weighted by molar-refractivity contribution is 0.0940. The Morgan fingerprint density at radius 1 is 1.05 bits per heavy atom. The average molecular weight is 288 g/mol. The van der Waals surface area contributed by atoms with Crippen molar-refractivity contribution in [2.75, 3.05) is 0 Å². The van der Waals surface area contributed by atoms with Gasteiger partial charge in [-0.05, 0) is 36.6 Å². The summed E-state index contributed by atoms with van der Waals surface area (Å²) in [4.78, 5) is 12.1. The first kappa shape index (κ1) is 14.6. The van der Waals surface area contributed by atoms with Crippen molar-refractivity contribution < 1.29 is 4.79 Å². The van der Waals surface area contributed by atoms with Crippen LogP contribution in [-0.4, -0.2) is 11.9 Å². The zero-order valence-corrected chi connectivity index (χ0v) is 12.2. The molecule has 0 saturated heterocycles. The molecule has 3 heteroatoms. The SMILES string of the molecule is CC(Cc1ccccc1)NC(=O)c1ccc(CCl)cc1. The average Bonchev–Trinajstić information content (AvgIpc) is 2.48. The second kappa shape index (κ2) is 7.11. The molecular formula is C17H18ClNO. The van der Waals surface area contributed by atoms with Gasteiger partial charge in [0.15, 0.2) is 0 Å². The minimum Gasteiger partial charge on any atom is -0.349 e. The van der Waals surface area contributed by atoms with Gasteiger partial charge in [-0.2, -0.15) is 0 Å². The minimum atomic E-state index is -0.0467. The summed E-state index contributed by atoms with van der Waals surface area (Å²) >= 11 is 5.73. The molecule has 0 bridgehead atoms. The third kappa shape index (κ3) is 4.10. The summed E-state index contributed by atoms with van der Waals surface area (Å²) in [5.74, 6) is 0.418. The van der Waals surface area contributed by atoms with Crippen LogP contribution in [0.3, 0.4) is 0 Å². The molecule has 104 valence electrons. The Labute approximate surface area is 124 Å². The highest BCUT2D eigenvalue weighted by Gasteiger charge is 2.10. The van der Waals surface area contributed by atoms with E-state index < -0.39 is 0 Å². The molecule has 0 aliphatic carbocycles. The Morgan fingerprint density at radius 3 is 2.30 bits per heavy atom. The van der Waals surface area contributed by atoms with Gasteiger partial charge in [-0.3, -0.25) is 4.79 Å². The summed E-state index contributed by atoms with van der Waals surface area (Å²) in [5, 5.41) is 3.01. The number of hydrogen-bond donors (Lipinski definition) is 1. The van der Waals surface area contributed by atoms with E-state index in [-0.39, 0.29) is 11.9 Å². The summed E-state index contributed by atoms with van der Waals surface area (Å²) in [6, 6.07) is 17.6. The van der Waals surface area contributed by atoms with E-state index in [0.29, 0.717) is 11.4 Å². The van der Waals surface area contributed by atoms with Crippen LogP contribution in [0.25, 0.3) is 0 Å². The summed E-state index contributed by atoms with van der Waals surface area (Å²) < 4.78 is 0. The molecule has 1 atom stereocenters. The molecular weight excluding hydrogens is 270 g/mol. The van der Waals surface area contributed by atoms with Crippen LogP contribution >= 0.6 is 11.6 Å². The van der Waals surface area contributed by atoms with Crippen molar-refractivity contribution in [2.24, 2.45) is 0 Å². The minimum absolute atomic E-state index is 0.0467. The van der Waals surface area contributed by atoms with Gasteiger partial charge in [-0.1, -0.05) is 42.5 Å². The lowest BCUT2D eigenvalue weighted by Crippen LogP contribution is -2.34. The first-order chi connectivity index (χ1) is 9.69. The molecule has 2 aromatic carbocycles. The Hall–Kier alpha value is -1.80. The Balaban J connectivity index is 1.93. The highest BCUT2D eigenvalue weighted by atomic mass is 35.5. The molecule has 0 heterocycles. The lowest BCUT2D eigenvalue weighted by atomic mass is 10.1. The maximum Gasteiger partial charge on any atom is 0.251 e. The highest BCUT2D eigenvalue weighted by molar-refractivity contribution is 6.17. The molecule has 0 aromatic heterocycles. The van der Waals surface area contributed by atoms with Crippen molar-refractivity contribution in [3.8, 4) is 0 Å². The number of carbonyl (C=O) groups is 1. The number of rotatable bonds is 5. The third-order valence-corrected chi connectivity index (χ3v) is 3.44. The van der Waals surface area contributed by atoms with Crippen LogP contribution in [0.4, 0.5) is 0 Å². The maximum atomic E-state index is 12.1. The topological polar surface area (TPSA) is 29.1 Å². The number of hydrogen-bond acceptors (Lipinski definition) is 1. The van der Waals surface area contributed by atoms with Crippen LogP contribution in [0.1, 0.15) is 28.4 Å². The fourth-order valence-electron chi connectivity index (χ4n) is 2.07. The van der Waals surface area contributed by atoms with Crippen LogP contribution in [0.2, 0.25) is 0 Å². The lowest BCUT2D eigenvalue weighted by Gasteiger charge is -2.14. The van der Waals surface area contributed by atoms with Gasteiger partial charge in [0.2, 0.25) is 0 Å². The van der Waals surface area contributed by atoms with E-state index >= 15 is 0 Å². The van der Waals surface area contributed by atoms with E-state index in [0.717, 1.165) is 12.0 Å². The molecule has 0 spiro atoms. The predicted octanol–water partition coefficient (Wildman–Crippen LogP) is 3.79. The van der Waals surface area contributed by atoms with Gasteiger partial charge in [-0.15, -0.1) is 11.6 Å². The normalized spacial score (nSPS) is 11.9. The van der Waals surface area contributed by atoms with Crippen molar-refractivity contribution in [3.05, 3.63) is 71.3 Å². The monoisotopic (exact) mass is 287 g/mol. The molecule has 20 heavy (non-hydrogen) atoms. The van der Waals surface area contributed by atoms with Crippen molar-refractivity contribution >= 4 is 17.5 Å². The molecule has 0 aliphatic heterocycles. The Kier molecular flexibility index (Phi) is 5.19. The number of nitrogens with one attached hydrogen (secondary N) is 1. The van der Waals surface area contributed by atoms with E-state index in [1.165, 1.54) is 5.56 Å². The molecule has 1 N–H and O–H groups in total. The summed E-state index contributed by atoms with van der Waals surface area (Å²) in [6.07, 6.45) is 0.826. The van der Waals surface area contributed by atoms with Gasteiger partial charge in [-0.25, -0.2) is 0 Å². The van der Waals surface area contributed by atoms with Crippen LogP contribution in [0, 0.1) is 0 Å². The Bertz CT molecular complexity index is 551. The van der Waals surface area contributed by atoms with Crippen molar-refractivity contribution in [3.63, 3.8) is 0 Å². The molecule has 0 radical (unpaired) electrons. The maximum absolute atomic E-state index is 12.1. The standard InChI is InChI=1S/C17H18ClNO/c1-13(11-14-5-3-2-4-6-14)19-17(20)16-9-7-15(12-18)8-10-16/h2-10,13H,11-12H2,1H3,(H,19,20). The fraction of sp³-hybridized carbons (Fsp3) is 0.235. The van der Waals surface area contributed by atoms with E-state index in [2.05, 4.69) is 17.4 Å². The van der Waals surface area contributed by atoms with E-state index in [9.17, 15) is 4.79 Å². The van der Waals surface area contributed by atoms with Gasteiger partial charge in [0.25, 0.3) is 5.91 Å².